The van der Waals surface area contributed by atoms with Crippen molar-refractivity contribution in [1.82, 2.24) is 0 Å². The maximum Gasteiger partial charge on any atom is 0.00861 e. The van der Waals surface area contributed by atoms with Gasteiger partial charge in [0.05, 0.1) is 0 Å². The van der Waals surface area contributed by atoms with Crippen LogP contribution in [0.2, 0.25) is 0 Å². The Hall–Kier alpha value is -0.440. The first kappa shape index (κ1) is 5.69. The molecule has 1 unspecified atom stereocenters. The van der Waals surface area contributed by atoms with E-state index in [1.54, 1.807) is 0 Å². The third kappa shape index (κ3) is 2.02. The van der Waals surface area contributed by atoms with Gasteiger partial charge in [-0.3, -0.25) is 0 Å². The zero-order chi connectivity index (χ0) is 5.82. The number of hydrogen-bond donors (Lipinski definition) is 0. The zero-order valence-corrected chi connectivity index (χ0v) is 5.06. The molecular formula is C8H11. The largest absolute Gasteiger partial charge is 0.120 e. The molecule has 0 bridgehead atoms. The normalized spacial score (nSPS) is 17.9. The zero-order valence-electron chi connectivity index (χ0n) is 5.06. The van der Waals surface area contributed by atoms with E-state index in [1.807, 2.05) is 0 Å². The minimum Gasteiger partial charge on any atom is -0.120 e. The average molecular weight is 107 g/mol. The summed E-state index contributed by atoms with van der Waals surface area (Å²) < 4.78 is 0. The lowest BCUT2D eigenvalue weighted by molar-refractivity contribution is 0.697. The Morgan fingerprint density at radius 2 is 2.50 bits per heavy atom. The van der Waals surface area contributed by atoms with Gasteiger partial charge in [0.15, 0.2) is 0 Å². The van der Waals surface area contributed by atoms with Gasteiger partial charge in [0.25, 0.3) is 0 Å². The highest BCUT2D eigenvalue weighted by Gasteiger charge is 2.20. The second-order valence-electron chi connectivity index (χ2n) is 2.33. The van der Waals surface area contributed by atoms with Gasteiger partial charge in [-0.1, -0.05) is 0 Å². The molecule has 0 aromatic rings. The number of terminal acetylenes is 1. The van der Waals surface area contributed by atoms with Crippen LogP contribution in [0, 0.1) is 24.7 Å². The third-order valence-corrected chi connectivity index (χ3v) is 1.47. The minimum atomic E-state index is 0.934. The second kappa shape index (κ2) is 2.77. The summed E-state index contributed by atoms with van der Waals surface area (Å²) in [5.41, 5.74) is 0. The molecule has 0 aromatic carbocycles. The highest BCUT2D eigenvalue weighted by molar-refractivity contribution is 4.95. The van der Waals surface area contributed by atoms with E-state index >= 15 is 0 Å². The van der Waals surface area contributed by atoms with Crippen LogP contribution in [0.15, 0.2) is 0 Å². The van der Waals surface area contributed by atoms with Crippen LogP contribution in [0.25, 0.3) is 0 Å². The SMILES string of the molecule is C#CCCCC1[CH]C1. The lowest BCUT2D eigenvalue weighted by Crippen LogP contribution is -1.74. The summed E-state index contributed by atoms with van der Waals surface area (Å²) in [5.74, 6) is 3.57. The van der Waals surface area contributed by atoms with Crippen LogP contribution in [-0.4, -0.2) is 0 Å². The van der Waals surface area contributed by atoms with Crippen LogP contribution in [0.1, 0.15) is 25.7 Å². The van der Waals surface area contributed by atoms with Gasteiger partial charge in [0.2, 0.25) is 0 Å². The van der Waals surface area contributed by atoms with Gasteiger partial charge in [0.1, 0.15) is 0 Å². The molecule has 0 aliphatic heterocycles. The van der Waals surface area contributed by atoms with Gasteiger partial charge in [-0.05, 0) is 31.6 Å². The standard InChI is InChI=1S/C8H11/c1-2-3-4-5-8-6-7-8/h1,6,8H,3-5,7H2. The van der Waals surface area contributed by atoms with Crippen LogP contribution in [0.4, 0.5) is 0 Å². The van der Waals surface area contributed by atoms with Crippen LogP contribution in [0.5, 0.6) is 0 Å². The van der Waals surface area contributed by atoms with Crippen LogP contribution >= 0.6 is 0 Å². The Morgan fingerprint density at radius 1 is 1.75 bits per heavy atom. The van der Waals surface area contributed by atoms with Gasteiger partial charge in [-0.25, -0.2) is 0 Å². The van der Waals surface area contributed by atoms with Gasteiger partial charge in [-0.2, -0.15) is 0 Å². The Bertz CT molecular complexity index is 93.1. The van der Waals surface area contributed by atoms with Crippen molar-refractivity contribution in [3.8, 4) is 12.3 Å². The van der Waals surface area contributed by atoms with Gasteiger partial charge in [-0.15, -0.1) is 12.3 Å². The maximum absolute atomic E-state index is 5.07. The molecular weight excluding hydrogens is 96.1 g/mol. The quantitative estimate of drug-likeness (QED) is 0.382. The molecule has 1 atom stereocenters. The fraction of sp³-hybridized carbons (Fsp3) is 0.625. The number of hydrogen-bond acceptors (Lipinski definition) is 0. The van der Waals surface area contributed by atoms with Crippen molar-refractivity contribution in [2.75, 3.05) is 0 Å². The van der Waals surface area contributed by atoms with Crippen LogP contribution < -0.4 is 0 Å². The average Bonchev–Trinajstić information content (AvgIpc) is 2.51. The molecule has 1 aliphatic carbocycles. The van der Waals surface area contributed by atoms with Crippen LogP contribution in [0.3, 0.4) is 0 Å². The van der Waals surface area contributed by atoms with Crippen molar-refractivity contribution in [2.45, 2.75) is 25.7 Å². The van der Waals surface area contributed by atoms with E-state index in [0.717, 1.165) is 12.3 Å². The first-order chi connectivity index (χ1) is 3.93. The van der Waals surface area contributed by atoms with E-state index in [-0.39, 0.29) is 0 Å². The summed E-state index contributed by atoms with van der Waals surface area (Å²) in [5, 5.41) is 0. The van der Waals surface area contributed by atoms with E-state index in [4.69, 9.17) is 6.42 Å². The van der Waals surface area contributed by atoms with Gasteiger partial charge >= 0.3 is 0 Å². The first-order valence-corrected chi connectivity index (χ1v) is 3.20. The Balaban J connectivity index is 1.83. The predicted octanol–water partition coefficient (Wildman–Crippen LogP) is 2.01. The maximum atomic E-state index is 5.07. The summed E-state index contributed by atoms with van der Waals surface area (Å²) >= 11 is 0. The second-order valence-corrected chi connectivity index (χ2v) is 2.33. The summed E-state index contributed by atoms with van der Waals surface area (Å²) in [4.78, 5) is 0. The van der Waals surface area contributed by atoms with Gasteiger partial charge < -0.3 is 0 Å². The molecule has 1 radical (unpaired) electrons. The Morgan fingerprint density at radius 3 is 3.00 bits per heavy atom. The highest BCUT2D eigenvalue weighted by Crippen LogP contribution is 2.32. The predicted molar refractivity (Wildman–Crippen MR) is 35.1 cm³/mol. The minimum absolute atomic E-state index is 0.934. The molecule has 8 heavy (non-hydrogen) atoms. The molecule has 0 heterocycles. The van der Waals surface area contributed by atoms with Crippen molar-refractivity contribution >= 4 is 0 Å². The van der Waals surface area contributed by atoms with E-state index in [1.165, 1.54) is 19.3 Å². The molecule has 0 N–H and O–H groups in total. The molecule has 43 valence electrons. The Labute approximate surface area is 51.3 Å². The summed E-state index contributed by atoms with van der Waals surface area (Å²) in [7, 11) is 0. The Kier molecular flexibility index (Phi) is 1.97. The molecule has 0 saturated heterocycles. The van der Waals surface area contributed by atoms with Crippen LogP contribution in [-0.2, 0) is 0 Å². The third-order valence-electron chi connectivity index (χ3n) is 1.47. The fourth-order valence-corrected chi connectivity index (χ4v) is 0.798. The smallest absolute Gasteiger partial charge is 0.00861 e. The van der Waals surface area contributed by atoms with Gasteiger partial charge in [0, 0.05) is 6.42 Å². The monoisotopic (exact) mass is 107 g/mol. The lowest BCUT2D eigenvalue weighted by atomic mass is 10.2. The van der Waals surface area contributed by atoms with Crippen molar-refractivity contribution < 1.29 is 0 Å². The summed E-state index contributed by atoms with van der Waals surface area (Å²) in [6.07, 6.45) is 12.3. The first-order valence-electron chi connectivity index (χ1n) is 3.20. The molecule has 1 aliphatic rings. The van der Waals surface area contributed by atoms with Crippen molar-refractivity contribution in [3.05, 3.63) is 6.42 Å². The lowest BCUT2D eigenvalue weighted by Gasteiger charge is -1.88. The molecule has 1 fully saturated rings. The van der Waals surface area contributed by atoms with E-state index in [2.05, 4.69) is 12.3 Å². The number of unbranched alkanes of at least 4 members (excludes halogenated alkanes) is 1. The molecule has 1 rings (SSSR count). The molecule has 0 amide bonds. The topological polar surface area (TPSA) is 0 Å². The molecule has 0 aromatic heterocycles. The van der Waals surface area contributed by atoms with Crippen molar-refractivity contribution in [1.29, 1.82) is 0 Å². The van der Waals surface area contributed by atoms with E-state index in [9.17, 15) is 0 Å². The fourth-order valence-electron chi connectivity index (χ4n) is 0.798. The molecule has 0 spiro atoms. The highest BCUT2D eigenvalue weighted by atomic mass is 14.2. The summed E-state index contributed by atoms with van der Waals surface area (Å²) in [6, 6.07) is 0. The van der Waals surface area contributed by atoms with E-state index in [0.29, 0.717) is 0 Å². The summed E-state index contributed by atoms with van der Waals surface area (Å²) in [6.45, 7) is 0. The van der Waals surface area contributed by atoms with E-state index < -0.39 is 0 Å². The van der Waals surface area contributed by atoms with Crippen molar-refractivity contribution in [3.63, 3.8) is 0 Å². The van der Waals surface area contributed by atoms with Crippen molar-refractivity contribution in [2.24, 2.45) is 5.92 Å². The number of rotatable bonds is 3. The molecule has 0 heteroatoms. The molecule has 1 saturated carbocycles. The molecule has 0 nitrogen and oxygen atoms in total.